The summed E-state index contributed by atoms with van der Waals surface area (Å²) in [6, 6.07) is 5.68. The molecular formula is C12H19NO2. The molecular weight excluding hydrogens is 190 g/mol. The summed E-state index contributed by atoms with van der Waals surface area (Å²) in [5, 5.41) is 9.63. The Kier molecular flexibility index (Phi) is 3.72. The number of phenolic OH excluding ortho intramolecular Hbond substituents is 1. The van der Waals surface area contributed by atoms with E-state index in [4.69, 9.17) is 4.84 Å². The second kappa shape index (κ2) is 4.64. The number of phenols is 1. The van der Waals surface area contributed by atoms with Crippen LogP contribution in [0, 0.1) is 0 Å². The quantitative estimate of drug-likeness (QED) is 0.751. The van der Waals surface area contributed by atoms with Gasteiger partial charge in [-0.15, -0.1) is 0 Å². The standard InChI is InChI=1S/C12H19NO2/c1-12(2,3)10-5-6-11(14)9(7-10)8-13-15-4/h5-7,13-14H,8H2,1-4H3. The summed E-state index contributed by atoms with van der Waals surface area (Å²) in [4.78, 5) is 4.77. The Morgan fingerprint density at radius 1 is 1.33 bits per heavy atom. The molecule has 84 valence electrons. The van der Waals surface area contributed by atoms with Crippen molar-refractivity contribution in [2.75, 3.05) is 7.11 Å². The highest BCUT2D eigenvalue weighted by Gasteiger charge is 2.15. The molecule has 0 spiro atoms. The molecule has 0 fully saturated rings. The molecule has 2 N–H and O–H groups in total. The number of hydroxylamine groups is 1. The van der Waals surface area contributed by atoms with Gasteiger partial charge in [0.15, 0.2) is 0 Å². The minimum Gasteiger partial charge on any atom is -0.508 e. The molecule has 1 rings (SSSR count). The zero-order valence-electron chi connectivity index (χ0n) is 9.79. The van der Waals surface area contributed by atoms with Crippen LogP contribution in [0.5, 0.6) is 5.75 Å². The van der Waals surface area contributed by atoms with Crippen LogP contribution < -0.4 is 5.48 Å². The lowest BCUT2D eigenvalue weighted by molar-refractivity contribution is 0.0861. The van der Waals surface area contributed by atoms with Gasteiger partial charge in [-0.1, -0.05) is 32.9 Å². The van der Waals surface area contributed by atoms with Gasteiger partial charge in [-0.05, 0) is 17.0 Å². The summed E-state index contributed by atoms with van der Waals surface area (Å²) in [6.07, 6.45) is 0. The third-order valence-electron chi connectivity index (χ3n) is 2.35. The van der Waals surface area contributed by atoms with Crippen LogP contribution in [-0.2, 0) is 16.8 Å². The van der Waals surface area contributed by atoms with Crippen LogP contribution in [0.3, 0.4) is 0 Å². The van der Waals surface area contributed by atoms with E-state index in [-0.39, 0.29) is 5.41 Å². The summed E-state index contributed by atoms with van der Waals surface area (Å²) in [5.74, 6) is 0.299. The summed E-state index contributed by atoms with van der Waals surface area (Å²) in [5.41, 5.74) is 4.87. The minimum atomic E-state index is 0.0928. The van der Waals surface area contributed by atoms with E-state index in [1.165, 1.54) is 5.56 Å². The van der Waals surface area contributed by atoms with Gasteiger partial charge in [0.2, 0.25) is 0 Å². The van der Waals surface area contributed by atoms with Gasteiger partial charge >= 0.3 is 0 Å². The first kappa shape index (κ1) is 12.0. The van der Waals surface area contributed by atoms with Crippen molar-refractivity contribution < 1.29 is 9.94 Å². The van der Waals surface area contributed by atoms with Crippen LogP contribution in [0.1, 0.15) is 31.9 Å². The molecule has 0 heterocycles. The monoisotopic (exact) mass is 209 g/mol. The highest BCUT2D eigenvalue weighted by Crippen LogP contribution is 2.27. The fraction of sp³-hybridized carbons (Fsp3) is 0.500. The molecule has 0 unspecified atom stereocenters. The molecule has 3 heteroatoms. The Hall–Kier alpha value is -1.06. The lowest BCUT2D eigenvalue weighted by Crippen LogP contribution is -2.14. The van der Waals surface area contributed by atoms with Gasteiger partial charge in [0.25, 0.3) is 0 Å². The van der Waals surface area contributed by atoms with Crippen LogP contribution in [0.25, 0.3) is 0 Å². The third-order valence-corrected chi connectivity index (χ3v) is 2.35. The topological polar surface area (TPSA) is 41.5 Å². The van der Waals surface area contributed by atoms with E-state index in [9.17, 15) is 5.11 Å². The van der Waals surface area contributed by atoms with E-state index in [0.29, 0.717) is 12.3 Å². The van der Waals surface area contributed by atoms with Crippen LogP contribution in [0.2, 0.25) is 0 Å². The molecule has 0 aliphatic heterocycles. The molecule has 0 aromatic heterocycles. The zero-order valence-corrected chi connectivity index (χ0v) is 9.79. The molecule has 15 heavy (non-hydrogen) atoms. The van der Waals surface area contributed by atoms with Gasteiger partial charge in [0.1, 0.15) is 5.75 Å². The smallest absolute Gasteiger partial charge is 0.120 e. The summed E-state index contributed by atoms with van der Waals surface area (Å²) in [6.45, 7) is 6.94. The number of nitrogens with one attached hydrogen (secondary N) is 1. The first-order chi connectivity index (χ1) is 6.95. The first-order valence-corrected chi connectivity index (χ1v) is 5.03. The van der Waals surface area contributed by atoms with Gasteiger partial charge < -0.3 is 9.94 Å². The van der Waals surface area contributed by atoms with Gasteiger partial charge in [-0.3, -0.25) is 0 Å². The van der Waals surface area contributed by atoms with Crippen LogP contribution >= 0.6 is 0 Å². The lowest BCUT2D eigenvalue weighted by atomic mass is 9.86. The maximum absolute atomic E-state index is 9.63. The predicted molar refractivity (Wildman–Crippen MR) is 60.7 cm³/mol. The average Bonchev–Trinajstić information content (AvgIpc) is 2.15. The fourth-order valence-corrected chi connectivity index (χ4v) is 1.34. The van der Waals surface area contributed by atoms with Crippen molar-refractivity contribution in [1.82, 2.24) is 5.48 Å². The van der Waals surface area contributed by atoms with Crippen molar-refractivity contribution >= 4 is 0 Å². The van der Waals surface area contributed by atoms with Crippen LogP contribution in [0.15, 0.2) is 18.2 Å². The van der Waals surface area contributed by atoms with Gasteiger partial charge in [0, 0.05) is 12.1 Å². The molecule has 0 saturated carbocycles. The number of benzene rings is 1. The van der Waals surface area contributed by atoms with E-state index in [0.717, 1.165) is 5.56 Å². The van der Waals surface area contributed by atoms with Gasteiger partial charge in [-0.2, -0.15) is 5.48 Å². The molecule has 1 aromatic rings. The Morgan fingerprint density at radius 3 is 2.53 bits per heavy atom. The molecule has 0 atom stereocenters. The van der Waals surface area contributed by atoms with Crippen molar-refractivity contribution in [3.05, 3.63) is 29.3 Å². The number of aromatic hydroxyl groups is 1. The molecule has 0 aliphatic carbocycles. The molecule has 1 aromatic carbocycles. The second-order valence-corrected chi connectivity index (χ2v) is 4.62. The normalized spacial score (nSPS) is 11.7. The van der Waals surface area contributed by atoms with Gasteiger partial charge in [0.05, 0.1) is 7.11 Å². The maximum Gasteiger partial charge on any atom is 0.120 e. The molecule has 0 bridgehead atoms. The second-order valence-electron chi connectivity index (χ2n) is 4.62. The van der Waals surface area contributed by atoms with E-state index < -0.39 is 0 Å². The largest absolute Gasteiger partial charge is 0.508 e. The first-order valence-electron chi connectivity index (χ1n) is 5.03. The molecule has 0 aliphatic rings. The zero-order chi connectivity index (χ0) is 11.5. The maximum atomic E-state index is 9.63. The van der Waals surface area contributed by atoms with Crippen molar-refractivity contribution in [3.63, 3.8) is 0 Å². The Bertz CT molecular complexity index is 329. The predicted octanol–water partition coefficient (Wildman–Crippen LogP) is 2.34. The minimum absolute atomic E-state index is 0.0928. The fourth-order valence-electron chi connectivity index (χ4n) is 1.34. The van der Waals surface area contributed by atoms with Crippen molar-refractivity contribution in [1.29, 1.82) is 0 Å². The highest BCUT2D eigenvalue weighted by atomic mass is 16.6. The Labute approximate surface area is 91.0 Å². The summed E-state index contributed by atoms with van der Waals surface area (Å²) in [7, 11) is 1.56. The van der Waals surface area contributed by atoms with Crippen LogP contribution in [-0.4, -0.2) is 12.2 Å². The third kappa shape index (κ3) is 3.22. The van der Waals surface area contributed by atoms with Gasteiger partial charge in [-0.25, -0.2) is 0 Å². The highest BCUT2D eigenvalue weighted by molar-refractivity contribution is 5.38. The van der Waals surface area contributed by atoms with E-state index in [1.807, 2.05) is 12.1 Å². The molecule has 0 radical (unpaired) electrons. The number of rotatable bonds is 3. The average molecular weight is 209 g/mol. The Balaban J connectivity index is 2.95. The number of hydrogen-bond acceptors (Lipinski definition) is 3. The summed E-state index contributed by atoms with van der Waals surface area (Å²) < 4.78 is 0. The van der Waals surface area contributed by atoms with E-state index in [2.05, 4.69) is 26.3 Å². The van der Waals surface area contributed by atoms with Crippen molar-refractivity contribution in [2.24, 2.45) is 0 Å². The SMILES string of the molecule is CONCc1cc(C(C)(C)C)ccc1O. The lowest BCUT2D eigenvalue weighted by Gasteiger charge is -2.20. The van der Waals surface area contributed by atoms with Crippen molar-refractivity contribution in [2.45, 2.75) is 32.7 Å². The van der Waals surface area contributed by atoms with Crippen LogP contribution in [0.4, 0.5) is 0 Å². The molecule has 3 nitrogen and oxygen atoms in total. The van der Waals surface area contributed by atoms with E-state index >= 15 is 0 Å². The molecule has 0 amide bonds. The summed E-state index contributed by atoms with van der Waals surface area (Å²) >= 11 is 0. The van der Waals surface area contributed by atoms with Crippen molar-refractivity contribution in [3.8, 4) is 5.75 Å². The molecule has 0 saturated heterocycles. The Morgan fingerprint density at radius 2 is 2.00 bits per heavy atom. The number of hydrogen-bond donors (Lipinski definition) is 2. The van der Waals surface area contributed by atoms with E-state index in [1.54, 1.807) is 13.2 Å².